The number of aliphatic imine (C=N–C) groups is 1. The van der Waals surface area contributed by atoms with E-state index in [1.54, 1.807) is 19.2 Å². The highest BCUT2D eigenvalue weighted by molar-refractivity contribution is 14.0. The molecular weight excluding hydrogens is 496 g/mol. The van der Waals surface area contributed by atoms with Gasteiger partial charge in [-0.25, -0.2) is 0 Å². The van der Waals surface area contributed by atoms with Gasteiger partial charge in [0.1, 0.15) is 5.75 Å². The fourth-order valence-corrected chi connectivity index (χ4v) is 2.72. The van der Waals surface area contributed by atoms with Crippen molar-refractivity contribution in [3.63, 3.8) is 0 Å². The molecule has 0 aromatic heterocycles. The smallest absolute Gasteiger partial charge is 0.422 e. The monoisotopic (exact) mass is 530 g/mol. The summed E-state index contributed by atoms with van der Waals surface area (Å²) in [6.45, 7) is 8.94. The minimum Gasteiger partial charge on any atom is -0.484 e. The number of hydrogen-bond acceptors (Lipinski definition) is 3. The van der Waals surface area contributed by atoms with E-state index in [9.17, 15) is 13.2 Å². The van der Waals surface area contributed by atoms with Gasteiger partial charge < -0.3 is 20.3 Å². The molecular formula is C20H34F3IN4O. The molecule has 0 spiro atoms. The Kier molecular flexibility index (Phi) is 14.1. The van der Waals surface area contributed by atoms with Crippen molar-refractivity contribution in [3.05, 3.63) is 29.8 Å². The van der Waals surface area contributed by atoms with E-state index in [4.69, 9.17) is 4.74 Å². The number of halogens is 4. The van der Waals surface area contributed by atoms with Crippen LogP contribution in [0.3, 0.4) is 0 Å². The van der Waals surface area contributed by atoms with E-state index in [0.29, 0.717) is 18.5 Å². The van der Waals surface area contributed by atoms with E-state index < -0.39 is 12.8 Å². The number of hydrogen-bond donors (Lipinski definition) is 2. The Balaban J connectivity index is 0.00000784. The predicted molar refractivity (Wildman–Crippen MR) is 123 cm³/mol. The zero-order chi connectivity index (χ0) is 21.0. The molecule has 1 aromatic carbocycles. The molecule has 1 unspecified atom stereocenters. The maximum atomic E-state index is 12.2. The Labute approximate surface area is 189 Å². The Bertz CT molecular complexity index is 578. The average Bonchev–Trinajstić information content (AvgIpc) is 2.67. The van der Waals surface area contributed by atoms with Gasteiger partial charge in [0.25, 0.3) is 0 Å². The highest BCUT2D eigenvalue weighted by Crippen LogP contribution is 2.18. The van der Waals surface area contributed by atoms with Gasteiger partial charge >= 0.3 is 6.18 Å². The van der Waals surface area contributed by atoms with Crippen molar-refractivity contribution in [2.45, 2.75) is 52.4 Å². The Morgan fingerprint density at radius 2 is 1.79 bits per heavy atom. The second-order valence-corrected chi connectivity index (χ2v) is 6.69. The summed E-state index contributed by atoms with van der Waals surface area (Å²) in [5.41, 5.74) is 0.927. The maximum absolute atomic E-state index is 12.2. The molecule has 2 N–H and O–H groups in total. The van der Waals surface area contributed by atoms with Gasteiger partial charge in [-0.2, -0.15) is 13.2 Å². The second-order valence-electron chi connectivity index (χ2n) is 6.69. The number of guanidine groups is 1. The van der Waals surface area contributed by atoms with Gasteiger partial charge in [-0.1, -0.05) is 26.0 Å². The summed E-state index contributed by atoms with van der Waals surface area (Å²) in [7, 11) is 1.71. The van der Waals surface area contributed by atoms with Gasteiger partial charge in [0.15, 0.2) is 12.6 Å². The fraction of sp³-hybridized carbons (Fsp3) is 0.650. The minimum absolute atomic E-state index is 0. The highest BCUT2D eigenvalue weighted by Gasteiger charge is 2.28. The van der Waals surface area contributed by atoms with Crippen molar-refractivity contribution in [2.75, 3.05) is 33.3 Å². The van der Waals surface area contributed by atoms with Crippen LogP contribution < -0.4 is 15.4 Å². The quantitative estimate of drug-likeness (QED) is 0.253. The third-order valence-electron chi connectivity index (χ3n) is 4.40. The normalized spacial score (nSPS) is 13.0. The van der Waals surface area contributed by atoms with E-state index in [1.807, 2.05) is 0 Å². The lowest BCUT2D eigenvalue weighted by Crippen LogP contribution is -2.42. The topological polar surface area (TPSA) is 48.9 Å². The first-order valence-electron chi connectivity index (χ1n) is 9.75. The molecule has 0 bridgehead atoms. The maximum Gasteiger partial charge on any atom is 0.422 e. The molecule has 0 amide bonds. The summed E-state index contributed by atoms with van der Waals surface area (Å²) in [5, 5.41) is 6.59. The molecule has 29 heavy (non-hydrogen) atoms. The van der Waals surface area contributed by atoms with Crippen LogP contribution in [0.15, 0.2) is 29.3 Å². The van der Waals surface area contributed by atoms with E-state index in [2.05, 4.69) is 41.3 Å². The zero-order valence-electron chi connectivity index (χ0n) is 17.7. The van der Waals surface area contributed by atoms with Crippen molar-refractivity contribution in [1.29, 1.82) is 0 Å². The van der Waals surface area contributed by atoms with Gasteiger partial charge in [0.2, 0.25) is 0 Å². The summed E-state index contributed by atoms with van der Waals surface area (Å²) in [5.74, 6) is 0.901. The summed E-state index contributed by atoms with van der Waals surface area (Å²) in [6.07, 6.45) is -2.17. The van der Waals surface area contributed by atoms with Crippen LogP contribution >= 0.6 is 24.0 Å². The number of alkyl halides is 3. The van der Waals surface area contributed by atoms with Crippen molar-refractivity contribution < 1.29 is 17.9 Å². The molecule has 9 heteroatoms. The van der Waals surface area contributed by atoms with Crippen LogP contribution in [0.2, 0.25) is 0 Å². The second kappa shape index (κ2) is 14.7. The standard InChI is InChI=1S/C20H33F3N4O.HI/c1-5-27(6-2)13-7-8-16(3)26-19(24-4)25-14-17-9-11-18(12-10-17)28-15-20(21,22)23;/h9-12,16H,5-8,13-15H2,1-4H3,(H2,24,25,26);1H. The lowest BCUT2D eigenvalue weighted by molar-refractivity contribution is -0.153. The van der Waals surface area contributed by atoms with E-state index in [-0.39, 0.29) is 29.7 Å². The fourth-order valence-electron chi connectivity index (χ4n) is 2.72. The summed E-state index contributed by atoms with van der Waals surface area (Å²) in [4.78, 5) is 6.63. The van der Waals surface area contributed by atoms with Crippen LogP contribution in [0.1, 0.15) is 39.2 Å². The lowest BCUT2D eigenvalue weighted by Gasteiger charge is -2.21. The Morgan fingerprint density at radius 1 is 1.17 bits per heavy atom. The zero-order valence-corrected chi connectivity index (χ0v) is 20.0. The molecule has 5 nitrogen and oxygen atoms in total. The van der Waals surface area contributed by atoms with Crippen LogP contribution in [-0.4, -0.2) is 56.4 Å². The molecule has 0 fully saturated rings. The van der Waals surface area contributed by atoms with E-state index >= 15 is 0 Å². The van der Waals surface area contributed by atoms with Crippen molar-refractivity contribution in [2.24, 2.45) is 4.99 Å². The number of nitrogens with zero attached hydrogens (tertiary/aromatic N) is 2. The van der Waals surface area contributed by atoms with Gasteiger partial charge in [-0.15, -0.1) is 24.0 Å². The van der Waals surface area contributed by atoms with Gasteiger partial charge in [0.05, 0.1) is 0 Å². The van der Waals surface area contributed by atoms with Crippen LogP contribution in [-0.2, 0) is 6.54 Å². The first-order chi connectivity index (χ1) is 13.3. The lowest BCUT2D eigenvalue weighted by atomic mass is 10.2. The molecule has 168 valence electrons. The molecule has 1 rings (SSSR count). The Hall–Kier alpha value is -1.23. The third kappa shape index (κ3) is 12.8. The number of ether oxygens (including phenoxy) is 1. The van der Waals surface area contributed by atoms with Gasteiger partial charge in [-0.3, -0.25) is 4.99 Å². The van der Waals surface area contributed by atoms with E-state index in [0.717, 1.165) is 38.0 Å². The predicted octanol–water partition coefficient (Wildman–Crippen LogP) is 4.42. The molecule has 0 aliphatic rings. The van der Waals surface area contributed by atoms with Crippen molar-refractivity contribution in [3.8, 4) is 5.75 Å². The number of benzene rings is 1. The van der Waals surface area contributed by atoms with Crippen LogP contribution in [0.5, 0.6) is 5.75 Å². The van der Waals surface area contributed by atoms with Crippen LogP contribution in [0.25, 0.3) is 0 Å². The molecule has 0 saturated carbocycles. The third-order valence-corrected chi connectivity index (χ3v) is 4.40. The van der Waals surface area contributed by atoms with Crippen LogP contribution in [0, 0.1) is 0 Å². The largest absolute Gasteiger partial charge is 0.484 e. The molecule has 1 atom stereocenters. The number of rotatable bonds is 11. The summed E-state index contributed by atoms with van der Waals surface area (Å²) >= 11 is 0. The summed E-state index contributed by atoms with van der Waals surface area (Å²) in [6, 6.07) is 6.84. The SMILES string of the molecule is CCN(CC)CCCC(C)NC(=NC)NCc1ccc(OCC(F)(F)F)cc1.I. The summed E-state index contributed by atoms with van der Waals surface area (Å²) < 4.78 is 41.2. The molecule has 0 heterocycles. The molecule has 1 aromatic rings. The minimum atomic E-state index is -4.33. The highest BCUT2D eigenvalue weighted by atomic mass is 127. The number of nitrogens with one attached hydrogen (secondary N) is 2. The Morgan fingerprint density at radius 3 is 2.31 bits per heavy atom. The van der Waals surface area contributed by atoms with Gasteiger partial charge in [-0.05, 0) is 57.1 Å². The first-order valence-corrected chi connectivity index (χ1v) is 9.75. The first kappa shape index (κ1) is 27.8. The molecule has 0 aliphatic carbocycles. The van der Waals surface area contributed by atoms with Crippen LogP contribution in [0.4, 0.5) is 13.2 Å². The van der Waals surface area contributed by atoms with E-state index in [1.165, 1.54) is 12.1 Å². The molecule has 0 saturated heterocycles. The van der Waals surface area contributed by atoms with Crippen molar-refractivity contribution in [1.82, 2.24) is 15.5 Å². The average molecular weight is 530 g/mol. The molecule has 0 radical (unpaired) electrons. The van der Waals surface area contributed by atoms with Crippen molar-refractivity contribution >= 4 is 29.9 Å². The molecule has 0 aliphatic heterocycles. The van der Waals surface area contributed by atoms with Gasteiger partial charge in [0, 0.05) is 19.6 Å².